The molecule has 0 saturated carbocycles. The molecule has 0 aliphatic carbocycles. The molecular formula is C16H17F2N. The summed E-state index contributed by atoms with van der Waals surface area (Å²) in [6, 6.07) is 12.2. The molecule has 1 atom stereocenters. The van der Waals surface area contributed by atoms with Crippen molar-refractivity contribution in [2.45, 2.75) is 19.4 Å². The number of likely N-dealkylation sites (N-methyl/N-ethyl adjacent to an activating group) is 1. The van der Waals surface area contributed by atoms with E-state index in [1.54, 1.807) is 20.0 Å². The predicted molar refractivity (Wildman–Crippen MR) is 73.0 cm³/mol. The van der Waals surface area contributed by atoms with Crippen molar-refractivity contribution in [3.8, 4) is 0 Å². The number of benzene rings is 2. The third-order valence-electron chi connectivity index (χ3n) is 3.28. The quantitative estimate of drug-likeness (QED) is 0.883. The highest BCUT2D eigenvalue weighted by molar-refractivity contribution is 5.30. The summed E-state index contributed by atoms with van der Waals surface area (Å²) in [5.74, 6) is -1.01. The maximum atomic E-state index is 13.9. The molecule has 1 N–H and O–H groups in total. The molecule has 0 fully saturated rings. The van der Waals surface area contributed by atoms with Crippen LogP contribution in [0.2, 0.25) is 0 Å². The van der Waals surface area contributed by atoms with Gasteiger partial charge in [-0.05, 0) is 37.6 Å². The molecule has 2 aromatic carbocycles. The van der Waals surface area contributed by atoms with Crippen LogP contribution in [0.5, 0.6) is 0 Å². The summed E-state index contributed by atoms with van der Waals surface area (Å²) in [5, 5.41) is 3.09. The van der Waals surface area contributed by atoms with Gasteiger partial charge in [-0.15, -0.1) is 0 Å². The second-order valence-corrected chi connectivity index (χ2v) is 4.65. The van der Waals surface area contributed by atoms with Gasteiger partial charge in [-0.3, -0.25) is 0 Å². The minimum absolute atomic E-state index is 0.165. The van der Waals surface area contributed by atoms with Gasteiger partial charge >= 0.3 is 0 Å². The minimum atomic E-state index is -0.504. The van der Waals surface area contributed by atoms with Gasteiger partial charge < -0.3 is 5.32 Å². The van der Waals surface area contributed by atoms with Gasteiger partial charge in [0.25, 0.3) is 0 Å². The maximum Gasteiger partial charge on any atom is 0.130 e. The topological polar surface area (TPSA) is 12.0 Å². The molecule has 0 bridgehead atoms. The number of halogens is 2. The molecule has 0 aliphatic rings. The zero-order valence-electron chi connectivity index (χ0n) is 11.1. The van der Waals surface area contributed by atoms with E-state index in [1.807, 2.05) is 30.3 Å². The lowest BCUT2D eigenvalue weighted by molar-refractivity contribution is 0.519. The van der Waals surface area contributed by atoms with Crippen LogP contribution in [0.4, 0.5) is 8.78 Å². The van der Waals surface area contributed by atoms with Crippen LogP contribution in [0.1, 0.15) is 22.7 Å². The molecule has 0 saturated heterocycles. The molecule has 0 spiro atoms. The molecular weight excluding hydrogens is 244 g/mol. The van der Waals surface area contributed by atoms with Crippen LogP contribution in [0, 0.1) is 18.6 Å². The van der Waals surface area contributed by atoms with Crippen molar-refractivity contribution >= 4 is 0 Å². The van der Waals surface area contributed by atoms with Crippen molar-refractivity contribution in [2.75, 3.05) is 7.05 Å². The van der Waals surface area contributed by atoms with Gasteiger partial charge in [-0.25, -0.2) is 8.78 Å². The Morgan fingerprint density at radius 1 is 1.05 bits per heavy atom. The molecule has 0 aromatic heterocycles. The van der Waals surface area contributed by atoms with Crippen LogP contribution in [0.3, 0.4) is 0 Å². The third-order valence-corrected chi connectivity index (χ3v) is 3.28. The lowest BCUT2D eigenvalue weighted by Gasteiger charge is -2.18. The maximum absolute atomic E-state index is 13.9. The van der Waals surface area contributed by atoms with Crippen LogP contribution >= 0.6 is 0 Å². The van der Waals surface area contributed by atoms with Crippen LogP contribution in [0.25, 0.3) is 0 Å². The van der Waals surface area contributed by atoms with Crippen molar-refractivity contribution in [3.05, 3.63) is 70.8 Å². The summed E-state index contributed by atoms with van der Waals surface area (Å²) in [4.78, 5) is 0. The summed E-state index contributed by atoms with van der Waals surface area (Å²) in [6.45, 7) is 1.65. The van der Waals surface area contributed by atoms with Crippen molar-refractivity contribution in [3.63, 3.8) is 0 Å². The molecule has 0 radical (unpaired) electrons. The molecule has 0 aliphatic heterocycles. The van der Waals surface area contributed by atoms with E-state index in [0.29, 0.717) is 17.5 Å². The summed E-state index contributed by atoms with van der Waals surface area (Å²) in [7, 11) is 1.78. The first-order chi connectivity index (χ1) is 9.11. The van der Waals surface area contributed by atoms with E-state index < -0.39 is 11.6 Å². The highest BCUT2D eigenvalue weighted by atomic mass is 19.1. The summed E-state index contributed by atoms with van der Waals surface area (Å²) < 4.78 is 27.2. The fourth-order valence-electron chi connectivity index (χ4n) is 2.16. The zero-order chi connectivity index (χ0) is 13.8. The Labute approximate surface area is 112 Å². The largest absolute Gasteiger partial charge is 0.313 e. The van der Waals surface area contributed by atoms with E-state index in [2.05, 4.69) is 5.32 Å². The van der Waals surface area contributed by atoms with Gasteiger partial charge in [-0.1, -0.05) is 30.3 Å². The average molecular weight is 261 g/mol. The first-order valence-corrected chi connectivity index (χ1v) is 6.28. The lowest BCUT2D eigenvalue weighted by Crippen LogP contribution is -2.20. The van der Waals surface area contributed by atoms with Gasteiger partial charge in [0.15, 0.2) is 0 Å². The molecule has 0 amide bonds. The molecule has 2 rings (SSSR count). The first kappa shape index (κ1) is 13.7. The predicted octanol–water partition coefficient (Wildman–Crippen LogP) is 3.78. The number of rotatable bonds is 4. The lowest BCUT2D eigenvalue weighted by atomic mass is 9.97. The normalized spacial score (nSPS) is 12.4. The Balaban J connectivity index is 2.30. The summed E-state index contributed by atoms with van der Waals surface area (Å²) in [6.07, 6.45) is 0.666. The molecule has 0 heterocycles. The van der Waals surface area contributed by atoms with Crippen molar-refractivity contribution in [2.24, 2.45) is 0 Å². The average Bonchev–Trinajstić information content (AvgIpc) is 2.42. The van der Waals surface area contributed by atoms with E-state index >= 15 is 0 Å². The van der Waals surface area contributed by atoms with Crippen molar-refractivity contribution < 1.29 is 8.78 Å². The Bertz CT molecular complexity index is 552. The molecule has 2 aromatic rings. The van der Waals surface area contributed by atoms with E-state index in [1.165, 1.54) is 0 Å². The molecule has 19 heavy (non-hydrogen) atoms. The van der Waals surface area contributed by atoms with Gasteiger partial charge in [0.1, 0.15) is 11.6 Å². The monoisotopic (exact) mass is 261 g/mol. The van der Waals surface area contributed by atoms with Crippen LogP contribution < -0.4 is 5.32 Å². The Morgan fingerprint density at radius 2 is 1.74 bits per heavy atom. The Hall–Kier alpha value is -1.74. The number of nitrogens with one attached hydrogen (secondary N) is 1. The second-order valence-electron chi connectivity index (χ2n) is 4.65. The fourth-order valence-corrected chi connectivity index (χ4v) is 2.16. The SMILES string of the molecule is CNC(Cc1ccccc1)c1cc(C)c(F)cc1F. The van der Waals surface area contributed by atoms with Crippen LogP contribution in [-0.2, 0) is 6.42 Å². The Kier molecular flexibility index (Phi) is 4.27. The highest BCUT2D eigenvalue weighted by Crippen LogP contribution is 2.23. The first-order valence-electron chi connectivity index (χ1n) is 6.28. The summed E-state index contributed by atoms with van der Waals surface area (Å²) >= 11 is 0. The molecule has 1 unspecified atom stereocenters. The zero-order valence-corrected chi connectivity index (χ0v) is 11.1. The third kappa shape index (κ3) is 3.18. The molecule has 3 heteroatoms. The summed E-state index contributed by atoms with van der Waals surface area (Å²) in [5.41, 5.74) is 2.08. The van der Waals surface area contributed by atoms with Crippen LogP contribution in [-0.4, -0.2) is 7.05 Å². The van der Waals surface area contributed by atoms with E-state index in [-0.39, 0.29) is 6.04 Å². The van der Waals surface area contributed by atoms with Gasteiger partial charge in [-0.2, -0.15) is 0 Å². The number of hydrogen-bond acceptors (Lipinski definition) is 1. The number of aryl methyl sites for hydroxylation is 1. The Morgan fingerprint density at radius 3 is 2.37 bits per heavy atom. The highest BCUT2D eigenvalue weighted by Gasteiger charge is 2.16. The van der Waals surface area contributed by atoms with Crippen LogP contribution in [0.15, 0.2) is 42.5 Å². The van der Waals surface area contributed by atoms with E-state index in [4.69, 9.17) is 0 Å². The van der Waals surface area contributed by atoms with Crippen molar-refractivity contribution in [1.29, 1.82) is 0 Å². The van der Waals surface area contributed by atoms with Crippen molar-refractivity contribution in [1.82, 2.24) is 5.32 Å². The smallest absolute Gasteiger partial charge is 0.130 e. The van der Waals surface area contributed by atoms with Gasteiger partial charge in [0, 0.05) is 17.7 Å². The van der Waals surface area contributed by atoms with Gasteiger partial charge in [0.2, 0.25) is 0 Å². The molecule has 100 valence electrons. The fraction of sp³-hybridized carbons (Fsp3) is 0.250. The molecule has 1 nitrogen and oxygen atoms in total. The second kappa shape index (κ2) is 5.93. The van der Waals surface area contributed by atoms with Gasteiger partial charge in [0.05, 0.1) is 0 Å². The standard InChI is InChI=1S/C16H17F2N/c1-11-8-13(15(18)10-14(11)17)16(19-2)9-12-6-4-3-5-7-12/h3-8,10,16,19H,9H2,1-2H3. The number of hydrogen-bond donors (Lipinski definition) is 1. The minimum Gasteiger partial charge on any atom is -0.313 e. The van der Waals surface area contributed by atoms with E-state index in [0.717, 1.165) is 11.6 Å². The van der Waals surface area contributed by atoms with E-state index in [9.17, 15) is 8.78 Å².